The third-order valence-electron chi connectivity index (χ3n) is 8.28. The number of nitrogens with zero attached hydrogens (tertiary/aromatic N) is 1. The Labute approximate surface area is 254 Å². The van der Waals surface area contributed by atoms with Crippen LogP contribution in [0.4, 0.5) is 0 Å². The molecule has 0 aliphatic rings. The lowest BCUT2D eigenvalue weighted by atomic mass is 10.2. The van der Waals surface area contributed by atoms with Crippen LogP contribution in [0.1, 0.15) is 52.4 Å². The molecule has 0 fully saturated rings. The van der Waals surface area contributed by atoms with Gasteiger partial charge in [-0.25, -0.2) is 0 Å². The third kappa shape index (κ3) is 8.02. The van der Waals surface area contributed by atoms with Crippen molar-refractivity contribution in [3.63, 3.8) is 0 Å². The summed E-state index contributed by atoms with van der Waals surface area (Å²) in [4.78, 5) is 2.58. The summed E-state index contributed by atoms with van der Waals surface area (Å²) in [5, 5.41) is 3.37. The molecule has 0 bridgehead atoms. The van der Waals surface area contributed by atoms with Gasteiger partial charge in [-0.1, -0.05) is 148 Å². The minimum Gasteiger partial charge on any atom is -0.314 e. The predicted molar refractivity (Wildman–Crippen MR) is 184 cm³/mol. The van der Waals surface area contributed by atoms with Crippen LogP contribution in [-0.2, 0) is 9.13 Å². The Morgan fingerprint density at radius 1 is 0.524 bits per heavy atom. The first-order chi connectivity index (χ1) is 20.5. The van der Waals surface area contributed by atoms with E-state index in [4.69, 9.17) is 0 Å². The normalized spacial score (nSPS) is 12.8. The van der Waals surface area contributed by atoms with Crippen LogP contribution in [0.5, 0.6) is 0 Å². The molecule has 0 aliphatic carbocycles. The fourth-order valence-corrected chi connectivity index (χ4v) is 13.2. The highest BCUT2D eigenvalue weighted by atomic mass is 31.2. The molecule has 5 heteroatoms. The summed E-state index contributed by atoms with van der Waals surface area (Å²) in [5.74, 6) is 0. The number of hydrogen-bond donors (Lipinski definition) is 0. The number of benzene rings is 4. The maximum absolute atomic E-state index is 15.7. The average molecular weight is 600 g/mol. The zero-order valence-electron chi connectivity index (χ0n) is 25.4. The molecular weight excluding hydrogens is 552 g/mol. The number of rotatable bonds is 17. The first kappa shape index (κ1) is 32.2. The zero-order valence-corrected chi connectivity index (χ0v) is 27.1. The maximum atomic E-state index is 15.7. The van der Waals surface area contributed by atoms with E-state index >= 15 is 9.13 Å². The van der Waals surface area contributed by atoms with E-state index in [2.05, 4.69) is 18.7 Å². The van der Waals surface area contributed by atoms with Gasteiger partial charge in [-0.3, -0.25) is 0 Å². The molecule has 0 aliphatic heterocycles. The number of unbranched alkanes of at least 4 members (excludes halogenated alkanes) is 2. The van der Waals surface area contributed by atoms with E-state index in [0.717, 1.165) is 53.7 Å². The van der Waals surface area contributed by atoms with Crippen LogP contribution in [0.15, 0.2) is 121 Å². The highest BCUT2D eigenvalue weighted by Gasteiger charge is 2.42. The summed E-state index contributed by atoms with van der Waals surface area (Å²) in [6.07, 6.45) is 6.78. The van der Waals surface area contributed by atoms with Gasteiger partial charge >= 0.3 is 0 Å². The molecule has 4 rings (SSSR count). The first-order valence-corrected chi connectivity index (χ1v) is 19.3. The van der Waals surface area contributed by atoms with Crippen LogP contribution >= 0.6 is 14.3 Å². The molecule has 0 N–H and O–H groups in total. The quantitative estimate of drug-likeness (QED) is 0.115. The van der Waals surface area contributed by atoms with E-state index in [9.17, 15) is 0 Å². The Kier molecular flexibility index (Phi) is 12.4. The summed E-state index contributed by atoms with van der Waals surface area (Å²) >= 11 is 0. The van der Waals surface area contributed by atoms with E-state index in [-0.39, 0.29) is 5.66 Å². The fourth-order valence-electron chi connectivity index (χ4n) is 5.90. The molecule has 4 aromatic carbocycles. The van der Waals surface area contributed by atoms with E-state index in [1.54, 1.807) is 0 Å². The van der Waals surface area contributed by atoms with Crippen molar-refractivity contribution in [1.82, 2.24) is 4.90 Å². The van der Waals surface area contributed by atoms with Crippen LogP contribution < -0.4 is 21.2 Å². The van der Waals surface area contributed by atoms with E-state index in [1.165, 1.54) is 25.7 Å². The van der Waals surface area contributed by atoms with Crippen LogP contribution in [0.25, 0.3) is 0 Å². The van der Waals surface area contributed by atoms with E-state index in [1.807, 2.05) is 121 Å². The van der Waals surface area contributed by atoms with Gasteiger partial charge in [-0.15, -0.1) is 0 Å². The summed E-state index contributed by atoms with van der Waals surface area (Å²) in [5.41, 5.74) is -0.271. The second-order valence-electron chi connectivity index (χ2n) is 11.3. The zero-order chi connectivity index (χ0) is 29.7. The van der Waals surface area contributed by atoms with Gasteiger partial charge in [0.05, 0.1) is 0 Å². The van der Waals surface area contributed by atoms with Crippen molar-refractivity contribution in [3.8, 4) is 0 Å². The predicted octanol–water partition coefficient (Wildman–Crippen LogP) is 8.07. The van der Waals surface area contributed by atoms with Crippen molar-refractivity contribution in [2.45, 2.75) is 58.0 Å². The van der Waals surface area contributed by atoms with Crippen molar-refractivity contribution in [2.75, 3.05) is 25.8 Å². The molecule has 1 unspecified atom stereocenters. The minimum absolute atomic E-state index is 0.271. The van der Waals surface area contributed by atoms with Gasteiger partial charge in [0.2, 0.25) is 0 Å². The Balaban J connectivity index is 1.79. The summed E-state index contributed by atoms with van der Waals surface area (Å²) in [6, 6.07) is 39.6. The van der Waals surface area contributed by atoms with Gasteiger partial charge in [0.15, 0.2) is 0 Å². The Bertz CT molecular complexity index is 1320. The number of hydrogen-bond acceptors (Lipinski definition) is 3. The van der Waals surface area contributed by atoms with Crippen LogP contribution in [0, 0.1) is 0 Å². The van der Waals surface area contributed by atoms with Crippen molar-refractivity contribution in [3.05, 3.63) is 121 Å². The summed E-state index contributed by atoms with van der Waals surface area (Å²) in [7, 11) is -6.27. The van der Waals surface area contributed by atoms with Gasteiger partial charge in [0.25, 0.3) is 0 Å². The van der Waals surface area contributed by atoms with Crippen molar-refractivity contribution in [1.29, 1.82) is 0 Å². The van der Waals surface area contributed by atoms with Gasteiger partial charge in [0.1, 0.15) is 14.3 Å². The van der Waals surface area contributed by atoms with Gasteiger partial charge in [-0.2, -0.15) is 0 Å². The summed E-state index contributed by atoms with van der Waals surface area (Å²) in [6.45, 7) is 7.66. The molecule has 222 valence electrons. The fraction of sp³-hybridized carbons (Fsp3) is 0.351. The molecule has 0 aromatic heterocycles. The largest absolute Gasteiger partial charge is 0.314 e. The molecule has 0 spiro atoms. The van der Waals surface area contributed by atoms with E-state index in [0.29, 0.717) is 6.16 Å². The highest BCUT2D eigenvalue weighted by Crippen LogP contribution is 2.57. The van der Waals surface area contributed by atoms with Crippen molar-refractivity contribution in [2.24, 2.45) is 0 Å². The van der Waals surface area contributed by atoms with Crippen molar-refractivity contribution >= 4 is 35.5 Å². The SMILES string of the molecule is CCCCN(CCCC)CCCC(CP(=O)(c1ccccc1)c1ccccc1)P(=O)(c1ccccc1)c1ccccc1. The van der Waals surface area contributed by atoms with Gasteiger partial charge in [0, 0.05) is 33.0 Å². The molecule has 0 amide bonds. The molecule has 42 heavy (non-hydrogen) atoms. The van der Waals surface area contributed by atoms with Crippen LogP contribution in [-0.4, -0.2) is 36.4 Å². The molecular formula is C37H47NO2P2. The Morgan fingerprint density at radius 3 is 1.26 bits per heavy atom. The Hall–Kier alpha value is -2.70. The van der Waals surface area contributed by atoms with Crippen LogP contribution in [0.3, 0.4) is 0 Å². The lowest BCUT2D eigenvalue weighted by molar-refractivity contribution is 0.260. The molecule has 3 nitrogen and oxygen atoms in total. The molecule has 0 saturated heterocycles. The maximum Gasteiger partial charge on any atom is 0.146 e. The molecule has 0 heterocycles. The standard InChI is InChI=1S/C37H47NO2P2/c1-3-5-29-38(30-6-4-2)31-19-28-37(42(40,35-24-15-9-16-25-35)36-26-17-10-18-27-36)32-41(39,33-20-11-7-12-21-33)34-22-13-8-14-23-34/h7-18,20-27,37H,3-6,19,28-32H2,1-2H3. The smallest absolute Gasteiger partial charge is 0.146 e. The monoisotopic (exact) mass is 599 g/mol. The van der Waals surface area contributed by atoms with Crippen LogP contribution in [0.2, 0.25) is 0 Å². The second-order valence-corrected chi connectivity index (χ2v) is 17.2. The minimum atomic E-state index is -3.16. The van der Waals surface area contributed by atoms with Gasteiger partial charge < -0.3 is 14.0 Å². The molecule has 1 atom stereocenters. The van der Waals surface area contributed by atoms with Crippen molar-refractivity contribution < 1.29 is 9.13 Å². The Morgan fingerprint density at radius 2 is 0.881 bits per heavy atom. The molecule has 4 aromatic rings. The highest BCUT2D eigenvalue weighted by molar-refractivity contribution is 7.82. The third-order valence-corrected chi connectivity index (χ3v) is 15.4. The average Bonchev–Trinajstić information content (AvgIpc) is 3.06. The summed E-state index contributed by atoms with van der Waals surface area (Å²) < 4.78 is 31.1. The molecule has 0 saturated carbocycles. The lowest BCUT2D eigenvalue weighted by Gasteiger charge is -2.33. The second kappa shape index (κ2) is 16.2. The first-order valence-electron chi connectivity index (χ1n) is 15.7. The van der Waals surface area contributed by atoms with E-state index < -0.39 is 14.3 Å². The lowest BCUT2D eigenvalue weighted by Crippen LogP contribution is -2.33. The topological polar surface area (TPSA) is 37.4 Å². The molecule has 0 radical (unpaired) electrons. The van der Waals surface area contributed by atoms with Gasteiger partial charge in [-0.05, 0) is 45.3 Å².